The normalized spacial score (nSPS) is 19.3. The second kappa shape index (κ2) is 25.3. The van der Waals surface area contributed by atoms with E-state index in [0.29, 0.717) is 54.5 Å². The number of halogens is 1. The topological polar surface area (TPSA) is 193 Å². The first-order chi connectivity index (χ1) is 41.2. The zero-order chi connectivity index (χ0) is 60.5. The van der Waals surface area contributed by atoms with Crippen molar-refractivity contribution in [2.45, 2.75) is 154 Å². The second-order valence-corrected chi connectivity index (χ2v) is 26.8. The number of fused-ring (bicyclic) bond motifs is 4. The molecule has 86 heavy (non-hydrogen) atoms. The van der Waals surface area contributed by atoms with Gasteiger partial charge in [-0.15, -0.1) is 0 Å². The molecule has 0 atom stereocenters. The number of carbonyl (C=O) groups excluding carboxylic acids is 2. The molecular formula is C68H84BBrN8O8. The Balaban J connectivity index is 0.000000141. The molecule has 5 fully saturated rings. The number of piperazine rings is 2. The molecule has 0 radical (unpaired) electrons. The van der Waals surface area contributed by atoms with Crippen LogP contribution in [-0.4, -0.2) is 115 Å². The number of carbonyl (C=O) groups is 2. The van der Waals surface area contributed by atoms with Crippen LogP contribution in [0.1, 0.15) is 157 Å². The van der Waals surface area contributed by atoms with E-state index in [9.17, 15) is 19.2 Å². The molecule has 0 unspecified atom stereocenters. The summed E-state index contributed by atoms with van der Waals surface area (Å²) in [6.45, 7) is 25.1. The van der Waals surface area contributed by atoms with E-state index >= 15 is 0 Å². The van der Waals surface area contributed by atoms with Gasteiger partial charge in [0.25, 0.3) is 11.1 Å². The fourth-order valence-electron chi connectivity index (χ4n) is 13.7. The van der Waals surface area contributed by atoms with Crippen LogP contribution >= 0.6 is 15.9 Å². The Labute approximate surface area is 514 Å². The number of aromatic nitrogens is 4. The van der Waals surface area contributed by atoms with Crippen molar-refractivity contribution in [3.05, 3.63) is 154 Å². The molecule has 4 N–H and O–H groups in total. The maximum atomic E-state index is 13.6. The van der Waals surface area contributed by atoms with Crippen LogP contribution in [0.4, 0.5) is 11.6 Å². The molecule has 18 heteroatoms. The number of ether oxygens (including phenoxy) is 2. The highest BCUT2D eigenvalue weighted by molar-refractivity contribution is 9.10. The summed E-state index contributed by atoms with van der Waals surface area (Å²) in [5, 5.41) is 6.73. The minimum Gasteiger partial charge on any atom is -0.492 e. The third-order valence-corrected chi connectivity index (χ3v) is 20.0. The maximum Gasteiger partial charge on any atom is 0.496 e. The van der Waals surface area contributed by atoms with Gasteiger partial charge in [0.05, 0.1) is 28.9 Å². The van der Waals surface area contributed by atoms with E-state index in [4.69, 9.17) is 23.8 Å². The first-order valence-corrected chi connectivity index (χ1v) is 31.9. The van der Waals surface area contributed by atoms with Gasteiger partial charge in [-0.2, -0.15) is 0 Å². The Hall–Kier alpha value is -6.44. The first-order valence-electron chi connectivity index (χ1n) is 31.1. The first kappa shape index (κ1) is 61.2. The zero-order valence-electron chi connectivity index (χ0n) is 51.5. The SMILES string of the molecule is CC1(C)OB(c2ccc(N3CCNCC3)nc2)OC1(C)C.Cc1cc(C)c(CCC(=O)c2cc(-c3ccc(N4CCNCC4)nc3)c3c(c2)C2(CCCC2)CO3)c(=O)[nH]1.Cc1cc(C)c(CCC(=O)c2cc(Br)c3c(c2)C2(CCCC2)CO3)c(=O)[nH]1. The van der Waals surface area contributed by atoms with Crippen molar-refractivity contribution >= 4 is 51.7 Å². The molecule has 3 saturated heterocycles. The number of anilines is 2. The van der Waals surface area contributed by atoms with Crippen LogP contribution in [0, 0.1) is 27.7 Å². The van der Waals surface area contributed by atoms with E-state index < -0.39 is 0 Å². The molecule has 7 aliphatic rings. The summed E-state index contributed by atoms with van der Waals surface area (Å²) in [6, 6.07) is 20.2. The summed E-state index contributed by atoms with van der Waals surface area (Å²) in [4.78, 5) is 70.8. The zero-order valence-corrected chi connectivity index (χ0v) is 53.1. The largest absolute Gasteiger partial charge is 0.496 e. The van der Waals surface area contributed by atoms with Crippen molar-refractivity contribution in [1.29, 1.82) is 0 Å². The predicted octanol–water partition coefficient (Wildman–Crippen LogP) is 10.0. The van der Waals surface area contributed by atoms with E-state index in [1.54, 1.807) is 0 Å². The number of nitrogens with one attached hydrogen (secondary N) is 4. The summed E-state index contributed by atoms with van der Waals surface area (Å²) >= 11 is 3.59. The smallest absolute Gasteiger partial charge is 0.492 e. The minimum atomic E-state index is -0.334. The number of ketones is 2. The fourth-order valence-corrected chi connectivity index (χ4v) is 14.3. The number of hydrogen-bond donors (Lipinski definition) is 4. The van der Waals surface area contributed by atoms with E-state index in [-0.39, 0.29) is 51.8 Å². The van der Waals surface area contributed by atoms with Crippen molar-refractivity contribution in [2.75, 3.05) is 75.4 Å². The molecule has 2 saturated carbocycles. The molecule has 454 valence electrons. The van der Waals surface area contributed by atoms with Gasteiger partial charge in [0, 0.05) is 150 Å². The van der Waals surface area contributed by atoms with Gasteiger partial charge >= 0.3 is 7.12 Å². The van der Waals surface area contributed by atoms with Gasteiger partial charge in [-0.05, 0) is 176 Å². The third kappa shape index (κ3) is 12.8. The van der Waals surface area contributed by atoms with Crippen LogP contribution < -0.4 is 46.5 Å². The van der Waals surface area contributed by atoms with Crippen LogP contribution in [0.25, 0.3) is 11.1 Å². The Morgan fingerprint density at radius 3 is 1.50 bits per heavy atom. The minimum absolute atomic E-state index is 0.000757. The summed E-state index contributed by atoms with van der Waals surface area (Å²) in [5.74, 6) is 3.94. The highest BCUT2D eigenvalue weighted by atomic mass is 79.9. The Kier molecular flexibility index (Phi) is 18.0. The molecule has 0 amide bonds. The number of aromatic amines is 2. The lowest BCUT2D eigenvalue weighted by molar-refractivity contribution is 0.00578. The lowest BCUT2D eigenvalue weighted by Crippen LogP contribution is -2.44. The molecule has 9 heterocycles. The maximum absolute atomic E-state index is 13.6. The average molecular weight is 1230 g/mol. The Bertz CT molecular complexity index is 3580. The number of hydrogen-bond acceptors (Lipinski definition) is 14. The van der Waals surface area contributed by atoms with Crippen molar-refractivity contribution in [3.63, 3.8) is 0 Å². The monoisotopic (exact) mass is 1230 g/mol. The van der Waals surface area contributed by atoms with Crippen LogP contribution in [0.15, 0.2) is 87.1 Å². The van der Waals surface area contributed by atoms with Crippen LogP contribution in [0.3, 0.4) is 0 Å². The van der Waals surface area contributed by atoms with Gasteiger partial charge < -0.3 is 49.2 Å². The number of benzene rings is 2. The van der Waals surface area contributed by atoms with Crippen molar-refractivity contribution in [3.8, 4) is 22.6 Å². The van der Waals surface area contributed by atoms with Gasteiger partial charge in [0.1, 0.15) is 23.1 Å². The van der Waals surface area contributed by atoms with E-state index in [1.807, 2.05) is 70.4 Å². The molecule has 13 rings (SSSR count). The summed E-state index contributed by atoms with van der Waals surface area (Å²) in [7, 11) is -0.334. The second-order valence-electron chi connectivity index (χ2n) is 25.9. The van der Waals surface area contributed by atoms with Gasteiger partial charge in [-0.3, -0.25) is 19.2 Å². The fraction of sp³-hybridized carbons (Fsp3) is 0.500. The standard InChI is InChI=1S/C31H36N4O3.C22H24BrNO3.C15H24BN3O2/c1-20-15-21(2)34-30(37)24(20)6-7-27(36)23-16-25(29-26(17-23)31(19-38-29)9-3-4-10-31)22-5-8-28(33-18-22)35-13-11-32-12-14-35;1-13-9-14(2)24-21(26)16(13)5-6-19(25)15-10-17-20(18(23)11-15)27-12-22(17)7-3-4-8-22;1-14(2)15(3,4)21-16(20-14)12-5-6-13(18-11-12)19-9-7-17-8-10-19/h5,8,15-18,32H,3-4,6-7,9-14,19H2,1-2H3,(H,34,37);9-11H,3-8,12H2,1-2H3,(H,24,26);5-6,11,17H,7-10H2,1-4H3. The summed E-state index contributed by atoms with van der Waals surface area (Å²) in [6.07, 6.45) is 14.5. The Morgan fingerprint density at radius 2 is 1.05 bits per heavy atom. The predicted molar refractivity (Wildman–Crippen MR) is 344 cm³/mol. The van der Waals surface area contributed by atoms with Crippen molar-refractivity contribution < 1.29 is 28.4 Å². The highest BCUT2D eigenvalue weighted by Crippen LogP contribution is 2.54. The van der Waals surface area contributed by atoms with Crippen molar-refractivity contribution in [2.24, 2.45) is 0 Å². The van der Waals surface area contributed by atoms with E-state index in [1.165, 1.54) is 36.8 Å². The summed E-state index contributed by atoms with van der Waals surface area (Å²) < 4.78 is 25.3. The van der Waals surface area contributed by atoms with E-state index in [0.717, 1.165) is 151 Å². The molecule has 2 aliphatic carbocycles. The number of rotatable bonds is 12. The highest BCUT2D eigenvalue weighted by Gasteiger charge is 2.52. The lowest BCUT2D eigenvalue weighted by Gasteiger charge is -2.32. The summed E-state index contributed by atoms with van der Waals surface area (Å²) in [5.41, 5.74) is 10.9. The molecule has 4 aromatic heterocycles. The lowest BCUT2D eigenvalue weighted by atomic mass is 9.79. The third-order valence-electron chi connectivity index (χ3n) is 19.5. The van der Waals surface area contributed by atoms with Gasteiger partial charge in [-0.1, -0.05) is 31.7 Å². The van der Waals surface area contributed by atoms with Gasteiger partial charge in [-0.25, -0.2) is 9.97 Å². The number of Topliss-reactive ketones (excluding diaryl/α,β-unsaturated/α-hetero) is 2. The average Bonchev–Trinajstić information content (AvgIpc) is 2.43. The molecule has 6 aromatic rings. The molecular weight excluding hydrogens is 1150 g/mol. The number of H-pyrrole nitrogens is 2. The van der Waals surface area contributed by atoms with Crippen LogP contribution in [-0.2, 0) is 33.0 Å². The number of pyridine rings is 4. The molecule has 16 nitrogen and oxygen atoms in total. The Morgan fingerprint density at radius 1 is 0.593 bits per heavy atom. The molecule has 5 aliphatic heterocycles. The van der Waals surface area contributed by atoms with Gasteiger partial charge in [0.2, 0.25) is 0 Å². The van der Waals surface area contributed by atoms with Crippen LogP contribution in [0.5, 0.6) is 11.5 Å². The molecule has 0 bridgehead atoms. The van der Waals surface area contributed by atoms with Crippen molar-refractivity contribution in [1.82, 2.24) is 30.6 Å². The number of nitrogens with zero attached hydrogens (tertiary/aromatic N) is 4. The van der Waals surface area contributed by atoms with E-state index in [2.05, 4.69) is 109 Å². The molecule has 2 aromatic carbocycles. The molecule has 2 spiro atoms. The van der Waals surface area contributed by atoms with Gasteiger partial charge in [0.15, 0.2) is 11.6 Å². The quantitative estimate of drug-likeness (QED) is 0.0668. The van der Waals surface area contributed by atoms with Crippen LogP contribution in [0.2, 0.25) is 0 Å². The number of aryl methyl sites for hydroxylation is 4.